The molecule has 1 aromatic rings. The second-order valence-electron chi connectivity index (χ2n) is 3.39. The molecule has 1 aromatic carbocycles. The fourth-order valence-electron chi connectivity index (χ4n) is 1.23. The summed E-state index contributed by atoms with van der Waals surface area (Å²) in [6.07, 6.45) is 0. The molecule has 0 saturated carbocycles. The van der Waals surface area contributed by atoms with E-state index in [1.165, 1.54) is 6.07 Å². The number of likely N-dealkylation sites (N-methyl/N-ethyl adjacent to an activating group) is 1. The van der Waals surface area contributed by atoms with E-state index >= 15 is 0 Å². The Morgan fingerprint density at radius 3 is 2.62 bits per heavy atom. The first kappa shape index (κ1) is 12.4. The number of anilines is 1. The van der Waals surface area contributed by atoms with E-state index in [1.54, 1.807) is 6.92 Å². The number of carbonyl (C=O) groups is 1. The molecule has 0 saturated heterocycles. The van der Waals surface area contributed by atoms with Gasteiger partial charge in [-0.25, -0.2) is 8.78 Å². The molecule has 5 heteroatoms. The van der Waals surface area contributed by atoms with Crippen LogP contribution in [0.25, 0.3) is 0 Å². The zero-order chi connectivity index (χ0) is 12.1. The molecular formula is C11H14F2N2O. The second-order valence-corrected chi connectivity index (χ2v) is 3.39. The molecule has 0 spiro atoms. The van der Waals surface area contributed by atoms with Crippen molar-refractivity contribution in [1.82, 2.24) is 5.32 Å². The molecule has 1 atom stereocenters. The molecule has 2 N–H and O–H groups in total. The Balaban J connectivity index is 2.66. The SMILES string of the molecule is CCNC(=O)C(C)Nc1ccc(F)c(F)c1. The Morgan fingerprint density at radius 2 is 2.06 bits per heavy atom. The molecule has 0 aromatic heterocycles. The highest BCUT2D eigenvalue weighted by Gasteiger charge is 2.12. The molecule has 1 amide bonds. The maximum absolute atomic E-state index is 12.9. The number of hydrogen-bond acceptors (Lipinski definition) is 2. The zero-order valence-electron chi connectivity index (χ0n) is 9.18. The molecule has 16 heavy (non-hydrogen) atoms. The quantitative estimate of drug-likeness (QED) is 0.826. The molecule has 0 aliphatic heterocycles. The fourth-order valence-corrected chi connectivity index (χ4v) is 1.23. The molecule has 0 aliphatic carbocycles. The Hall–Kier alpha value is -1.65. The lowest BCUT2D eigenvalue weighted by atomic mass is 10.2. The minimum absolute atomic E-state index is 0.188. The van der Waals surface area contributed by atoms with Crippen LogP contribution < -0.4 is 10.6 Å². The first-order valence-electron chi connectivity index (χ1n) is 5.04. The monoisotopic (exact) mass is 228 g/mol. The number of benzene rings is 1. The molecule has 0 fully saturated rings. The summed E-state index contributed by atoms with van der Waals surface area (Å²) in [5, 5.41) is 5.40. The lowest BCUT2D eigenvalue weighted by Gasteiger charge is -2.14. The minimum atomic E-state index is -0.937. The van der Waals surface area contributed by atoms with Crippen LogP contribution in [-0.2, 0) is 4.79 Å². The Labute approximate surface area is 92.8 Å². The summed E-state index contributed by atoms with van der Waals surface area (Å²) in [4.78, 5) is 11.4. The third kappa shape index (κ3) is 3.18. The minimum Gasteiger partial charge on any atom is -0.374 e. The van der Waals surface area contributed by atoms with Crippen molar-refractivity contribution in [2.45, 2.75) is 19.9 Å². The van der Waals surface area contributed by atoms with Crippen LogP contribution in [0.5, 0.6) is 0 Å². The molecule has 0 heterocycles. The highest BCUT2D eigenvalue weighted by atomic mass is 19.2. The van der Waals surface area contributed by atoms with Gasteiger partial charge in [0.25, 0.3) is 0 Å². The van der Waals surface area contributed by atoms with E-state index < -0.39 is 17.7 Å². The first-order chi connectivity index (χ1) is 7.54. The normalized spacial score (nSPS) is 12.0. The largest absolute Gasteiger partial charge is 0.374 e. The molecule has 3 nitrogen and oxygen atoms in total. The van der Waals surface area contributed by atoms with Crippen LogP contribution in [0.1, 0.15) is 13.8 Å². The van der Waals surface area contributed by atoms with Gasteiger partial charge in [-0.05, 0) is 26.0 Å². The molecule has 0 bridgehead atoms. The van der Waals surface area contributed by atoms with Crippen molar-refractivity contribution in [1.29, 1.82) is 0 Å². The maximum Gasteiger partial charge on any atom is 0.242 e. The summed E-state index contributed by atoms with van der Waals surface area (Å²) < 4.78 is 25.5. The fraction of sp³-hybridized carbons (Fsp3) is 0.364. The Bertz CT molecular complexity index is 382. The second kappa shape index (κ2) is 5.44. The smallest absolute Gasteiger partial charge is 0.242 e. The van der Waals surface area contributed by atoms with Crippen LogP contribution in [0.3, 0.4) is 0 Å². The lowest BCUT2D eigenvalue weighted by Crippen LogP contribution is -2.37. The third-order valence-corrected chi connectivity index (χ3v) is 2.05. The van der Waals surface area contributed by atoms with Gasteiger partial charge in [0, 0.05) is 18.3 Å². The average molecular weight is 228 g/mol. The standard InChI is InChI=1S/C11H14F2N2O/c1-3-14-11(16)7(2)15-8-4-5-9(12)10(13)6-8/h4-7,15H,3H2,1-2H3,(H,14,16). The molecule has 1 rings (SSSR count). The number of halogens is 2. The van der Waals surface area contributed by atoms with Gasteiger partial charge in [-0.2, -0.15) is 0 Å². The van der Waals surface area contributed by atoms with Crippen molar-refractivity contribution < 1.29 is 13.6 Å². The van der Waals surface area contributed by atoms with Gasteiger partial charge < -0.3 is 10.6 Å². The number of amides is 1. The predicted octanol–water partition coefficient (Wildman–Crippen LogP) is 1.90. The first-order valence-corrected chi connectivity index (χ1v) is 5.04. The van der Waals surface area contributed by atoms with Gasteiger partial charge in [0.1, 0.15) is 6.04 Å². The molecule has 0 aliphatic rings. The van der Waals surface area contributed by atoms with Crippen molar-refractivity contribution >= 4 is 11.6 Å². The van der Waals surface area contributed by atoms with Crippen molar-refractivity contribution in [2.24, 2.45) is 0 Å². The molecule has 1 unspecified atom stereocenters. The van der Waals surface area contributed by atoms with Crippen molar-refractivity contribution in [3.05, 3.63) is 29.8 Å². The van der Waals surface area contributed by atoms with Gasteiger partial charge in [-0.3, -0.25) is 4.79 Å². The third-order valence-electron chi connectivity index (χ3n) is 2.05. The molecule has 88 valence electrons. The Kier molecular flexibility index (Phi) is 4.22. The van der Waals surface area contributed by atoms with Gasteiger partial charge in [-0.15, -0.1) is 0 Å². The van der Waals surface area contributed by atoms with E-state index in [0.29, 0.717) is 12.2 Å². The lowest BCUT2D eigenvalue weighted by molar-refractivity contribution is -0.121. The predicted molar refractivity (Wildman–Crippen MR) is 58.1 cm³/mol. The highest BCUT2D eigenvalue weighted by Crippen LogP contribution is 2.13. The van der Waals surface area contributed by atoms with Gasteiger partial charge >= 0.3 is 0 Å². The summed E-state index contributed by atoms with van der Waals surface area (Å²) in [6, 6.07) is 2.92. The summed E-state index contributed by atoms with van der Waals surface area (Å²) in [5.74, 6) is -2.03. The number of hydrogen-bond donors (Lipinski definition) is 2. The van der Waals surface area contributed by atoms with Gasteiger partial charge in [-0.1, -0.05) is 0 Å². The van der Waals surface area contributed by atoms with Crippen LogP contribution >= 0.6 is 0 Å². The van der Waals surface area contributed by atoms with E-state index in [1.807, 2.05) is 6.92 Å². The summed E-state index contributed by atoms with van der Waals surface area (Å²) >= 11 is 0. The highest BCUT2D eigenvalue weighted by molar-refractivity contribution is 5.84. The molecular weight excluding hydrogens is 214 g/mol. The van der Waals surface area contributed by atoms with Gasteiger partial charge in [0.05, 0.1) is 0 Å². The van der Waals surface area contributed by atoms with Gasteiger partial charge in [0.2, 0.25) is 5.91 Å². The van der Waals surface area contributed by atoms with E-state index in [9.17, 15) is 13.6 Å². The summed E-state index contributed by atoms with van der Waals surface area (Å²) in [6.45, 7) is 3.98. The van der Waals surface area contributed by atoms with E-state index in [2.05, 4.69) is 10.6 Å². The van der Waals surface area contributed by atoms with Crippen LogP contribution in [0.15, 0.2) is 18.2 Å². The average Bonchev–Trinajstić information content (AvgIpc) is 2.24. The number of carbonyl (C=O) groups excluding carboxylic acids is 1. The van der Waals surface area contributed by atoms with E-state index in [0.717, 1.165) is 12.1 Å². The summed E-state index contributed by atoms with van der Waals surface area (Å²) in [5.41, 5.74) is 0.373. The van der Waals surface area contributed by atoms with Crippen LogP contribution in [0.4, 0.5) is 14.5 Å². The molecule has 0 radical (unpaired) electrons. The van der Waals surface area contributed by atoms with Gasteiger partial charge in [0.15, 0.2) is 11.6 Å². The van der Waals surface area contributed by atoms with Crippen molar-refractivity contribution in [3.63, 3.8) is 0 Å². The van der Waals surface area contributed by atoms with Crippen LogP contribution in [0.2, 0.25) is 0 Å². The Morgan fingerprint density at radius 1 is 1.38 bits per heavy atom. The van der Waals surface area contributed by atoms with E-state index in [-0.39, 0.29) is 5.91 Å². The summed E-state index contributed by atoms with van der Waals surface area (Å²) in [7, 11) is 0. The topological polar surface area (TPSA) is 41.1 Å². The van der Waals surface area contributed by atoms with Crippen molar-refractivity contribution in [2.75, 3.05) is 11.9 Å². The van der Waals surface area contributed by atoms with Crippen molar-refractivity contribution in [3.8, 4) is 0 Å². The van der Waals surface area contributed by atoms with Crippen LogP contribution in [-0.4, -0.2) is 18.5 Å². The van der Waals surface area contributed by atoms with Crippen LogP contribution in [0, 0.1) is 11.6 Å². The van der Waals surface area contributed by atoms with E-state index in [4.69, 9.17) is 0 Å². The number of rotatable bonds is 4. The number of nitrogens with one attached hydrogen (secondary N) is 2. The maximum atomic E-state index is 12.9. The zero-order valence-corrected chi connectivity index (χ0v) is 9.18.